The average molecular weight is 314 g/mol. The van der Waals surface area contributed by atoms with Crippen molar-refractivity contribution in [3.05, 3.63) is 77.2 Å². The van der Waals surface area contributed by atoms with Crippen LogP contribution < -0.4 is 5.73 Å². The lowest BCUT2D eigenvalue weighted by molar-refractivity contribution is 0.932. The van der Waals surface area contributed by atoms with Crippen molar-refractivity contribution in [1.82, 2.24) is 9.97 Å². The van der Waals surface area contributed by atoms with Gasteiger partial charge in [0, 0.05) is 29.6 Å². The van der Waals surface area contributed by atoms with E-state index in [1.165, 1.54) is 0 Å². The minimum atomic E-state index is 0.510. The lowest BCUT2D eigenvalue weighted by Gasteiger charge is -2.00. The zero-order valence-corrected chi connectivity index (χ0v) is 13.2. The second kappa shape index (κ2) is 7.40. The summed E-state index contributed by atoms with van der Waals surface area (Å²) in [4.78, 5) is 7.68. The largest absolute Gasteiger partial charge is 0.357 e. The predicted molar refractivity (Wildman–Crippen MR) is 96.9 cm³/mol. The Hall–Kier alpha value is -3.16. The van der Waals surface area contributed by atoms with Gasteiger partial charge in [0.15, 0.2) is 0 Å². The van der Waals surface area contributed by atoms with Crippen LogP contribution in [0.5, 0.6) is 0 Å². The molecule has 24 heavy (non-hydrogen) atoms. The van der Waals surface area contributed by atoms with Crippen molar-refractivity contribution < 1.29 is 0 Å². The highest BCUT2D eigenvalue weighted by Gasteiger charge is 2.09. The first-order valence-electron chi connectivity index (χ1n) is 7.82. The van der Waals surface area contributed by atoms with E-state index in [9.17, 15) is 5.26 Å². The van der Waals surface area contributed by atoms with Crippen molar-refractivity contribution in [3.8, 4) is 17.3 Å². The molecule has 0 unspecified atom stereocenters. The molecule has 3 rings (SSSR count). The SMILES string of the molecule is N#Cc1cc(-c2ccnc(/C=C/c3ccccc3)c2)[nH]c1CCN. The fraction of sp³-hybridized carbons (Fsp3) is 0.100. The quantitative estimate of drug-likeness (QED) is 0.755. The van der Waals surface area contributed by atoms with E-state index in [2.05, 4.69) is 16.0 Å². The third-order valence-corrected chi connectivity index (χ3v) is 3.75. The van der Waals surface area contributed by atoms with Crippen molar-refractivity contribution in [1.29, 1.82) is 5.26 Å². The molecule has 0 saturated heterocycles. The molecule has 2 aromatic heterocycles. The summed E-state index contributed by atoms with van der Waals surface area (Å²) in [6.07, 6.45) is 6.44. The molecule has 118 valence electrons. The maximum absolute atomic E-state index is 9.24. The Morgan fingerprint density at radius 2 is 1.96 bits per heavy atom. The first-order valence-corrected chi connectivity index (χ1v) is 7.82. The van der Waals surface area contributed by atoms with E-state index in [1.54, 1.807) is 6.20 Å². The lowest BCUT2D eigenvalue weighted by atomic mass is 10.1. The molecule has 3 aromatic rings. The summed E-state index contributed by atoms with van der Waals surface area (Å²) in [5, 5.41) is 9.24. The Morgan fingerprint density at radius 1 is 1.12 bits per heavy atom. The van der Waals surface area contributed by atoms with E-state index in [0.29, 0.717) is 18.5 Å². The van der Waals surface area contributed by atoms with Gasteiger partial charge < -0.3 is 10.7 Å². The smallest absolute Gasteiger partial charge is 0.101 e. The average Bonchev–Trinajstić information content (AvgIpc) is 3.05. The monoisotopic (exact) mass is 314 g/mol. The second-order valence-electron chi connectivity index (χ2n) is 5.44. The number of nitrogens with zero attached hydrogens (tertiary/aromatic N) is 2. The highest BCUT2D eigenvalue weighted by atomic mass is 14.7. The van der Waals surface area contributed by atoms with Crippen molar-refractivity contribution in [2.75, 3.05) is 6.54 Å². The number of nitriles is 1. The van der Waals surface area contributed by atoms with Crippen LogP contribution >= 0.6 is 0 Å². The van der Waals surface area contributed by atoms with Gasteiger partial charge in [0.25, 0.3) is 0 Å². The van der Waals surface area contributed by atoms with Gasteiger partial charge in [-0.2, -0.15) is 5.26 Å². The number of nitrogens with two attached hydrogens (primary N) is 1. The van der Waals surface area contributed by atoms with Crippen molar-refractivity contribution in [3.63, 3.8) is 0 Å². The highest BCUT2D eigenvalue weighted by molar-refractivity contribution is 5.71. The molecule has 0 radical (unpaired) electrons. The Morgan fingerprint density at radius 3 is 2.71 bits per heavy atom. The summed E-state index contributed by atoms with van der Waals surface area (Å²) in [5.41, 5.74) is 11.0. The minimum absolute atomic E-state index is 0.510. The number of nitrogens with one attached hydrogen (secondary N) is 1. The molecule has 1 aromatic carbocycles. The van der Waals surface area contributed by atoms with Crippen LogP contribution in [0.3, 0.4) is 0 Å². The van der Waals surface area contributed by atoms with E-state index in [0.717, 1.165) is 28.2 Å². The first kappa shape index (κ1) is 15.7. The summed E-state index contributed by atoms with van der Waals surface area (Å²) >= 11 is 0. The molecule has 0 saturated carbocycles. The number of aromatic nitrogens is 2. The van der Waals surface area contributed by atoms with Crippen LogP contribution in [0.1, 0.15) is 22.5 Å². The maximum atomic E-state index is 9.24. The Balaban J connectivity index is 1.88. The van der Waals surface area contributed by atoms with Gasteiger partial charge in [0.05, 0.1) is 11.3 Å². The fourth-order valence-corrected chi connectivity index (χ4v) is 2.55. The molecule has 0 aliphatic carbocycles. The summed E-state index contributed by atoms with van der Waals surface area (Å²) in [7, 11) is 0. The van der Waals surface area contributed by atoms with Crippen LogP contribution in [0.25, 0.3) is 23.4 Å². The van der Waals surface area contributed by atoms with Gasteiger partial charge in [-0.25, -0.2) is 0 Å². The number of benzene rings is 1. The standard InChI is InChI=1S/C20H18N4/c21-10-8-19-17(14-22)13-20(24-19)16-9-11-23-18(12-16)7-6-15-4-2-1-3-5-15/h1-7,9,11-13,24H,8,10,21H2/b7-6+. The molecule has 0 aliphatic rings. The molecule has 2 heterocycles. The number of rotatable bonds is 5. The van der Waals surface area contributed by atoms with Crippen LogP contribution in [-0.2, 0) is 6.42 Å². The minimum Gasteiger partial charge on any atom is -0.357 e. The van der Waals surface area contributed by atoms with Gasteiger partial charge in [-0.3, -0.25) is 4.98 Å². The van der Waals surface area contributed by atoms with E-state index in [1.807, 2.05) is 60.7 Å². The normalized spacial score (nSPS) is 10.8. The van der Waals surface area contributed by atoms with Gasteiger partial charge in [0.2, 0.25) is 0 Å². The fourth-order valence-electron chi connectivity index (χ4n) is 2.55. The Labute approximate surface area is 141 Å². The van der Waals surface area contributed by atoms with Crippen LogP contribution in [0, 0.1) is 11.3 Å². The highest BCUT2D eigenvalue weighted by Crippen LogP contribution is 2.23. The summed E-state index contributed by atoms with van der Waals surface area (Å²) in [5.74, 6) is 0. The van der Waals surface area contributed by atoms with Crippen LogP contribution in [0.2, 0.25) is 0 Å². The maximum Gasteiger partial charge on any atom is 0.101 e. The van der Waals surface area contributed by atoms with Gasteiger partial charge in [-0.1, -0.05) is 36.4 Å². The van der Waals surface area contributed by atoms with E-state index < -0.39 is 0 Å². The van der Waals surface area contributed by atoms with E-state index in [4.69, 9.17) is 5.73 Å². The van der Waals surface area contributed by atoms with Crippen LogP contribution in [0.15, 0.2) is 54.7 Å². The molecule has 4 nitrogen and oxygen atoms in total. The number of pyridine rings is 1. The summed E-state index contributed by atoms with van der Waals surface area (Å²) in [6.45, 7) is 0.510. The lowest BCUT2D eigenvalue weighted by Crippen LogP contribution is -2.04. The van der Waals surface area contributed by atoms with Crippen LogP contribution in [-0.4, -0.2) is 16.5 Å². The molecule has 0 bridgehead atoms. The summed E-state index contributed by atoms with van der Waals surface area (Å²) in [6, 6.07) is 18.1. The summed E-state index contributed by atoms with van der Waals surface area (Å²) < 4.78 is 0. The van der Waals surface area contributed by atoms with Crippen molar-refractivity contribution in [2.45, 2.75) is 6.42 Å². The van der Waals surface area contributed by atoms with E-state index in [-0.39, 0.29) is 0 Å². The third-order valence-electron chi connectivity index (χ3n) is 3.75. The van der Waals surface area contributed by atoms with Gasteiger partial charge in [0.1, 0.15) is 6.07 Å². The molecule has 4 heteroatoms. The Kier molecular flexibility index (Phi) is 4.85. The molecule has 0 fully saturated rings. The van der Waals surface area contributed by atoms with Gasteiger partial charge >= 0.3 is 0 Å². The molecule has 0 aliphatic heterocycles. The zero-order valence-electron chi connectivity index (χ0n) is 13.2. The van der Waals surface area contributed by atoms with Crippen molar-refractivity contribution in [2.24, 2.45) is 5.73 Å². The predicted octanol–water partition coefficient (Wildman–Crippen LogP) is 3.62. The zero-order chi connectivity index (χ0) is 16.8. The first-order chi connectivity index (χ1) is 11.8. The molecule has 3 N–H and O–H groups in total. The molecular formula is C20H18N4. The molecule has 0 atom stereocenters. The third kappa shape index (κ3) is 3.60. The Bertz CT molecular complexity index is 886. The van der Waals surface area contributed by atoms with E-state index >= 15 is 0 Å². The molecule has 0 spiro atoms. The second-order valence-corrected chi connectivity index (χ2v) is 5.44. The molecular weight excluding hydrogens is 296 g/mol. The number of H-pyrrole nitrogens is 1. The topological polar surface area (TPSA) is 78.5 Å². The number of hydrogen-bond acceptors (Lipinski definition) is 3. The van der Waals surface area contributed by atoms with Crippen LogP contribution in [0.4, 0.5) is 0 Å². The molecule has 0 amide bonds. The number of aromatic amines is 1. The van der Waals surface area contributed by atoms with Gasteiger partial charge in [-0.15, -0.1) is 0 Å². The number of hydrogen-bond donors (Lipinski definition) is 2. The van der Waals surface area contributed by atoms with Gasteiger partial charge in [-0.05, 0) is 36.4 Å². The van der Waals surface area contributed by atoms with Crippen molar-refractivity contribution >= 4 is 12.2 Å².